The molecule has 0 spiro atoms. The third-order valence-electron chi connectivity index (χ3n) is 4.67. The summed E-state index contributed by atoms with van der Waals surface area (Å²) in [6.45, 7) is 2.74. The fraction of sp³-hybridized carbons (Fsp3) is 0.217. The molecule has 0 aliphatic heterocycles. The van der Waals surface area contributed by atoms with Gasteiger partial charge in [-0.15, -0.1) is 0 Å². The minimum absolute atomic E-state index is 0.227. The fourth-order valence-corrected chi connectivity index (χ4v) is 4.17. The van der Waals surface area contributed by atoms with Crippen LogP contribution in [0.25, 0.3) is 10.2 Å². The van der Waals surface area contributed by atoms with Gasteiger partial charge in [0.05, 0.1) is 49.4 Å². The Balaban J connectivity index is 1.78. The number of nitrogens with zero attached hydrogens (tertiary/aromatic N) is 2. The van der Waals surface area contributed by atoms with Gasteiger partial charge in [0.25, 0.3) is 5.91 Å². The van der Waals surface area contributed by atoms with Crippen LogP contribution in [0.15, 0.2) is 59.2 Å². The Morgan fingerprint density at radius 1 is 1.10 bits per heavy atom. The molecule has 8 heteroatoms. The van der Waals surface area contributed by atoms with Crippen LogP contribution < -0.4 is 19.1 Å². The first-order valence-corrected chi connectivity index (χ1v) is 10.5. The predicted octanol–water partition coefficient (Wildman–Crippen LogP) is 5.15. The number of carbonyl (C=O) groups excluding carboxylic acids is 1. The lowest BCUT2D eigenvalue weighted by Gasteiger charge is -2.20. The second kappa shape index (κ2) is 9.09. The monoisotopic (exact) mass is 438 g/mol. The van der Waals surface area contributed by atoms with E-state index in [0.717, 1.165) is 16.0 Å². The van der Waals surface area contributed by atoms with E-state index >= 15 is 0 Å². The molecule has 4 aromatic rings. The number of carbonyl (C=O) groups is 1. The molecule has 2 aromatic carbocycles. The van der Waals surface area contributed by atoms with Crippen molar-refractivity contribution in [3.8, 4) is 17.2 Å². The third kappa shape index (κ3) is 4.34. The van der Waals surface area contributed by atoms with Crippen molar-refractivity contribution < 1.29 is 23.4 Å². The molecule has 2 aromatic heterocycles. The highest BCUT2D eigenvalue weighted by molar-refractivity contribution is 7.22. The molecule has 0 atom stereocenters. The zero-order valence-corrected chi connectivity index (χ0v) is 18.3. The molecule has 7 nitrogen and oxygen atoms in total. The van der Waals surface area contributed by atoms with Crippen LogP contribution in [0.4, 0.5) is 5.13 Å². The molecule has 0 fully saturated rings. The molecule has 1 amide bonds. The summed E-state index contributed by atoms with van der Waals surface area (Å²) in [6.07, 6.45) is 1.58. The summed E-state index contributed by atoms with van der Waals surface area (Å²) in [5.74, 6) is 2.16. The SMILES string of the molecule is CCOc1ccc2nc(N(Cc3ccco3)C(=O)c3cc(OC)ccc3OC)sc2c1. The average molecular weight is 439 g/mol. The van der Waals surface area contributed by atoms with Crippen molar-refractivity contribution in [3.63, 3.8) is 0 Å². The van der Waals surface area contributed by atoms with Crippen molar-refractivity contribution in [2.24, 2.45) is 0 Å². The molecule has 0 saturated heterocycles. The zero-order chi connectivity index (χ0) is 21.8. The van der Waals surface area contributed by atoms with Crippen molar-refractivity contribution in [1.29, 1.82) is 0 Å². The van der Waals surface area contributed by atoms with Crippen molar-refractivity contribution in [1.82, 2.24) is 4.98 Å². The van der Waals surface area contributed by atoms with E-state index in [0.29, 0.717) is 34.6 Å². The number of thiazole rings is 1. The second-order valence-electron chi connectivity index (χ2n) is 6.60. The molecule has 2 heterocycles. The highest BCUT2D eigenvalue weighted by atomic mass is 32.1. The summed E-state index contributed by atoms with van der Waals surface area (Å²) in [5.41, 5.74) is 1.17. The Hall–Kier alpha value is -3.52. The molecule has 0 N–H and O–H groups in total. The van der Waals surface area contributed by atoms with E-state index in [1.165, 1.54) is 18.4 Å². The van der Waals surface area contributed by atoms with Gasteiger partial charge in [-0.05, 0) is 55.5 Å². The van der Waals surface area contributed by atoms with Gasteiger partial charge in [0.2, 0.25) is 0 Å². The van der Waals surface area contributed by atoms with Gasteiger partial charge in [-0.3, -0.25) is 9.69 Å². The Bertz CT molecular complexity index is 1190. The smallest absolute Gasteiger partial charge is 0.264 e. The molecule has 0 aliphatic carbocycles. The Kier molecular flexibility index (Phi) is 6.08. The van der Waals surface area contributed by atoms with Crippen molar-refractivity contribution in [2.75, 3.05) is 25.7 Å². The van der Waals surface area contributed by atoms with Crippen LogP contribution in [0.5, 0.6) is 17.2 Å². The van der Waals surface area contributed by atoms with Gasteiger partial charge < -0.3 is 18.6 Å². The minimum Gasteiger partial charge on any atom is -0.497 e. The lowest BCUT2D eigenvalue weighted by molar-refractivity contribution is 0.0980. The average Bonchev–Trinajstić information content (AvgIpc) is 3.46. The molecule has 31 heavy (non-hydrogen) atoms. The first-order valence-electron chi connectivity index (χ1n) is 9.72. The molecular formula is C23H22N2O5S. The number of hydrogen-bond acceptors (Lipinski definition) is 7. The molecule has 160 valence electrons. The molecule has 0 bridgehead atoms. The molecule has 0 unspecified atom stereocenters. The van der Waals surface area contributed by atoms with Crippen LogP contribution in [0.2, 0.25) is 0 Å². The third-order valence-corrected chi connectivity index (χ3v) is 5.71. The summed E-state index contributed by atoms with van der Waals surface area (Å²) >= 11 is 1.41. The Morgan fingerprint density at radius 2 is 1.94 bits per heavy atom. The van der Waals surface area contributed by atoms with E-state index in [1.54, 1.807) is 42.5 Å². The summed E-state index contributed by atoms with van der Waals surface area (Å²) in [4.78, 5) is 19.9. The standard InChI is InChI=1S/C23H22N2O5S/c1-4-29-16-7-9-19-21(13-16)31-23(24-19)25(14-17-6-5-11-30-17)22(26)18-12-15(27-2)8-10-20(18)28-3/h5-13H,4,14H2,1-3H3. The number of hydrogen-bond donors (Lipinski definition) is 0. The molecule has 4 rings (SSSR count). The number of furan rings is 1. The van der Waals surface area contributed by atoms with Gasteiger partial charge in [-0.2, -0.15) is 0 Å². The second-order valence-corrected chi connectivity index (χ2v) is 7.60. The number of ether oxygens (including phenoxy) is 3. The van der Waals surface area contributed by atoms with Gasteiger partial charge in [0.1, 0.15) is 23.0 Å². The highest BCUT2D eigenvalue weighted by Crippen LogP contribution is 2.34. The van der Waals surface area contributed by atoms with Gasteiger partial charge >= 0.3 is 0 Å². The lowest BCUT2D eigenvalue weighted by Crippen LogP contribution is -2.30. The maximum atomic E-state index is 13.7. The van der Waals surface area contributed by atoms with E-state index in [1.807, 2.05) is 31.2 Å². The summed E-state index contributed by atoms with van der Waals surface area (Å²) in [7, 11) is 3.09. The number of benzene rings is 2. The maximum Gasteiger partial charge on any atom is 0.264 e. The lowest BCUT2D eigenvalue weighted by atomic mass is 10.1. The number of methoxy groups -OCH3 is 2. The molecule has 0 aliphatic rings. The van der Waals surface area contributed by atoms with Crippen LogP contribution in [-0.2, 0) is 6.54 Å². The largest absolute Gasteiger partial charge is 0.497 e. The predicted molar refractivity (Wildman–Crippen MR) is 120 cm³/mol. The Labute approximate surface area is 183 Å². The van der Waals surface area contributed by atoms with Crippen molar-refractivity contribution in [3.05, 3.63) is 66.1 Å². The van der Waals surface area contributed by atoms with E-state index in [9.17, 15) is 4.79 Å². The summed E-state index contributed by atoms with van der Waals surface area (Å²) in [5, 5.41) is 0.551. The Morgan fingerprint density at radius 3 is 2.65 bits per heavy atom. The normalized spacial score (nSPS) is 10.8. The van der Waals surface area contributed by atoms with Crippen LogP contribution in [-0.4, -0.2) is 31.7 Å². The molecule has 0 saturated carbocycles. The van der Waals surface area contributed by atoms with E-state index in [4.69, 9.17) is 23.6 Å². The number of fused-ring (bicyclic) bond motifs is 1. The van der Waals surface area contributed by atoms with Crippen LogP contribution >= 0.6 is 11.3 Å². The quantitative estimate of drug-likeness (QED) is 0.379. The number of anilines is 1. The van der Waals surface area contributed by atoms with E-state index < -0.39 is 0 Å². The van der Waals surface area contributed by atoms with Crippen LogP contribution in [0.1, 0.15) is 23.0 Å². The van der Waals surface area contributed by atoms with Crippen LogP contribution in [0, 0.1) is 0 Å². The summed E-state index contributed by atoms with van der Waals surface area (Å²) in [6, 6.07) is 14.4. The first-order chi connectivity index (χ1) is 15.1. The van der Waals surface area contributed by atoms with E-state index in [2.05, 4.69) is 0 Å². The van der Waals surface area contributed by atoms with Gasteiger partial charge in [0, 0.05) is 0 Å². The van der Waals surface area contributed by atoms with Crippen LogP contribution in [0.3, 0.4) is 0 Å². The fourth-order valence-electron chi connectivity index (χ4n) is 3.18. The van der Waals surface area contributed by atoms with Crippen molar-refractivity contribution in [2.45, 2.75) is 13.5 Å². The van der Waals surface area contributed by atoms with Gasteiger partial charge in [0.15, 0.2) is 5.13 Å². The molecular weight excluding hydrogens is 416 g/mol. The molecule has 0 radical (unpaired) electrons. The van der Waals surface area contributed by atoms with Crippen molar-refractivity contribution >= 4 is 32.6 Å². The maximum absolute atomic E-state index is 13.7. The first kappa shape index (κ1) is 20.7. The number of amides is 1. The number of rotatable bonds is 8. The zero-order valence-electron chi connectivity index (χ0n) is 17.5. The van der Waals surface area contributed by atoms with Gasteiger partial charge in [-0.1, -0.05) is 11.3 Å². The minimum atomic E-state index is -0.267. The number of aromatic nitrogens is 1. The summed E-state index contributed by atoms with van der Waals surface area (Å²) < 4.78 is 22.8. The highest BCUT2D eigenvalue weighted by Gasteiger charge is 2.26. The topological polar surface area (TPSA) is 74.0 Å². The van der Waals surface area contributed by atoms with E-state index in [-0.39, 0.29) is 12.5 Å². The van der Waals surface area contributed by atoms with Gasteiger partial charge in [-0.25, -0.2) is 4.98 Å².